The van der Waals surface area contributed by atoms with Crippen molar-refractivity contribution in [2.24, 2.45) is 0 Å². The van der Waals surface area contributed by atoms with Crippen molar-refractivity contribution in [1.82, 2.24) is 10.2 Å². The molecule has 3 amide bonds. The molecule has 2 rings (SSSR count). The number of aryl methyl sites for hydroxylation is 1. The van der Waals surface area contributed by atoms with E-state index in [0.717, 1.165) is 12.2 Å². The molecular weight excluding hydrogens is 256 g/mol. The van der Waals surface area contributed by atoms with E-state index >= 15 is 0 Å². The van der Waals surface area contributed by atoms with Gasteiger partial charge >= 0.3 is 6.03 Å². The number of nitrogens with one attached hydrogen (secondary N) is 1. The van der Waals surface area contributed by atoms with Crippen LogP contribution in [-0.4, -0.2) is 36.0 Å². The lowest BCUT2D eigenvalue weighted by Gasteiger charge is -2.32. The highest BCUT2D eigenvalue weighted by atomic mass is 16.5. The summed E-state index contributed by atoms with van der Waals surface area (Å²) < 4.78 is 5.62. The minimum absolute atomic E-state index is 0.0457. The van der Waals surface area contributed by atoms with Gasteiger partial charge in [0.2, 0.25) is 5.91 Å². The van der Waals surface area contributed by atoms with Gasteiger partial charge in [-0.25, -0.2) is 4.79 Å². The van der Waals surface area contributed by atoms with Gasteiger partial charge < -0.3 is 9.64 Å². The van der Waals surface area contributed by atoms with Crippen LogP contribution in [0.4, 0.5) is 4.79 Å². The van der Waals surface area contributed by atoms with E-state index in [4.69, 9.17) is 4.74 Å². The molecule has 5 heteroatoms. The van der Waals surface area contributed by atoms with Crippen molar-refractivity contribution in [3.05, 3.63) is 29.8 Å². The number of imide groups is 1. The minimum Gasteiger partial charge on any atom is -0.494 e. The number of carbonyl (C=O) groups excluding carboxylic acids is 2. The van der Waals surface area contributed by atoms with Gasteiger partial charge in [-0.2, -0.15) is 0 Å². The van der Waals surface area contributed by atoms with Crippen LogP contribution in [0.1, 0.15) is 25.3 Å². The zero-order chi connectivity index (χ0) is 14.5. The molecule has 0 radical (unpaired) electrons. The quantitative estimate of drug-likeness (QED) is 0.838. The van der Waals surface area contributed by atoms with Crippen molar-refractivity contribution < 1.29 is 14.3 Å². The highest BCUT2D eigenvalue weighted by Gasteiger charge is 2.28. The molecule has 1 aromatic carbocycles. The van der Waals surface area contributed by atoms with Crippen LogP contribution in [0, 0.1) is 6.92 Å². The van der Waals surface area contributed by atoms with Crippen LogP contribution in [0.2, 0.25) is 0 Å². The summed E-state index contributed by atoms with van der Waals surface area (Å²) in [5, 5.41) is 2.33. The molecule has 1 atom stereocenters. The Morgan fingerprint density at radius 2 is 2.00 bits per heavy atom. The largest absolute Gasteiger partial charge is 0.494 e. The van der Waals surface area contributed by atoms with E-state index in [9.17, 15) is 9.59 Å². The van der Waals surface area contributed by atoms with Gasteiger partial charge in [0, 0.05) is 19.0 Å². The van der Waals surface area contributed by atoms with Gasteiger partial charge in [-0.05, 0) is 32.4 Å². The Bertz CT molecular complexity index is 484. The van der Waals surface area contributed by atoms with E-state index in [1.54, 1.807) is 4.90 Å². The lowest BCUT2D eigenvalue weighted by molar-refractivity contribution is -0.122. The molecule has 0 aliphatic carbocycles. The predicted molar refractivity (Wildman–Crippen MR) is 75.6 cm³/mol. The molecule has 1 N–H and O–H groups in total. The summed E-state index contributed by atoms with van der Waals surface area (Å²) in [6, 6.07) is 7.52. The second-order valence-corrected chi connectivity index (χ2v) is 5.11. The maximum Gasteiger partial charge on any atom is 0.324 e. The zero-order valence-corrected chi connectivity index (χ0v) is 11.9. The van der Waals surface area contributed by atoms with E-state index in [1.165, 1.54) is 5.56 Å². The van der Waals surface area contributed by atoms with Crippen LogP contribution < -0.4 is 10.1 Å². The van der Waals surface area contributed by atoms with Gasteiger partial charge in [-0.1, -0.05) is 17.7 Å². The van der Waals surface area contributed by atoms with E-state index in [2.05, 4.69) is 5.32 Å². The fourth-order valence-electron chi connectivity index (χ4n) is 2.20. The third kappa shape index (κ3) is 3.73. The van der Waals surface area contributed by atoms with Crippen molar-refractivity contribution in [1.29, 1.82) is 0 Å². The molecule has 1 heterocycles. The molecule has 5 nitrogen and oxygen atoms in total. The Hall–Kier alpha value is -2.04. The highest BCUT2D eigenvalue weighted by Crippen LogP contribution is 2.13. The number of rotatable bonds is 5. The van der Waals surface area contributed by atoms with E-state index in [-0.39, 0.29) is 18.0 Å². The van der Waals surface area contributed by atoms with Crippen LogP contribution >= 0.6 is 0 Å². The number of ether oxygens (including phenoxy) is 1. The third-order valence-corrected chi connectivity index (χ3v) is 3.35. The average Bonchev–Trinajstić information content (AvgIpc) is 2.39. The smallest absolute Gasteiger partial charge is 0.324 e. The second kappa shape index (κ2) is 6.41. The van der Waals surface area contributed by atoms with Crippen molar-refractivity contribution in [3.63, 3.8) is 0 Å². The molecule has 1 fully saturated rings. The topological polar surface area (TPSA) is 58.6 Å². The molecule has 0 spiro atoms. The Labute approximate surface area is 118 Å². The average molecular weight is 276 g/mol. The third-order valence-electron chi connectivity index (χ3n) is 3.35. The van der Waals surface area contributed by atoms with Gasteiger partial charge in [-0.15, -0.1) is 0 Å². The number of carbonyl (C=O) groups is 2. The zero-order valence-electron chi connectivity index (χ0n) is 11.9. The number of benzene rings is 1. The van der Waals surface area contributed by atoms with Gasteiger partial charge in [0.25, 0.3) is 0 Å². The summed E-state index contributed by atoms with van der Waals surface area (Å²) in [6.07, 6.45) is 1.10. The lowest BCUT2D eigenvalue weighted by atomic mass is 10.1. The Morgan fingerprint density at radius 1 is 1.30 bits per heavy atom. The number of urea groups is 1. The van der Waals surface area contributed by atoms with Crippen LogP contribution in [0.5, 0.6) is 5.75 Å². The molecule has 1 aliphatic rings. The molecule has 1 aliphatic heterocycles. The van der Waals surface area contributed by atoms with Crippen LogP contribution in [0.15, 0.2) is 24.3 Å². The maximum atomic E-state index is 11.7. The second-order valence-electron chi connectivity index (χ2n) is 5.11. The Kier molecular flexibility index (Phi) is 4.61. The van der Waals surface area contributed by atoms with E-state index in [1.807, 2.05) is 38.1 Å². The maximum absolute atomic E-state index is 11.7. The molecule has 0 saturated carbocycles. The molecule has 0 bridgehead atoms. The van der Waals surface area contributed by atoms with Crippen molar-refractivity contribution in [2.75, 3.05) is 13.2 Å². The number of amides is 3. The van der Waals surface area contributed by atoms with Crippen molar-refractivity contribution in [3.8, 4) is 5.75 Å². The van der Waals surface area contributed by atoms with Gasteiger partial charge in [0.15, 0.2) is 0 Å². The molecule has 1 aromatic rings. The first-order valence-corrected chi connectivity index (χ1v) is 6.86. The summed E-state index contributed by atoms with van der Waals surface area (Å²) in [7, 11) is 0. The first-order chi connectivity index (χ1) is 9.56. The van der Waals surface area contributed by atoms with Crippen LogP contribution in [0.3, 0.4) is 0 Å². The normalized spacial score (nSPS) is 18.9. The summed E-state index contributed by atoms with van der Waals surface area (Å²) in [5.74, 6) is 0.636. The number of hydrogen-bond acceptors (Lipinski definition) is 3. The number of hydrogen-bond donors (Lipinski definition) is 1. The molecular formula is C15H20N2O3. The monoisotopic (exact) mass is 276 g/mol. The van der Waals surface area contributed by atoms with E-state index < -0.39 is 0 Å². The summed E-state index contributed by atoms with van der Waals surface area (Å²) in [5.41, 5.74) is 1.20. The fourth-order valence-corrected chi connectivity index (χ4v) is 2.20. The predicted octanol–water partition coefficient (Wildman–Crippen LogP) is 2.09. The SMILES string of the molecule is Cc1ccc(OCCCN2C(=O)NC(=O)CC2C)cc1. The molecule has 20 heavy (non-hydrogen) atoms. The lowest BCUT2D eigenvalue weighted by Crippen LogP contribution is -2.54. The molecule has 0 aromatic heterocycles. The van der Waals surface area contributed by atoms with Gasteiger partial charge in [0.05, 0.1) is 6.61 Å². The van der Waals surface area contributed by atoms with Crippen molar-refractivity contribution >= 4 is 11.9 Å². The van der Waals surface area contributed by atoms with Gasteiger partial charge in [-0.3, -0.25) is 10.1 Å². The molecule has 108 valence electrons. The highest BCUT2D eigenvalue weighted by molar-refractivity contribution is 5.97. The summed E-state index contributed by atoms with van der Waals surface area (Å²) in [4.78, 5) is 24.5. The molecule has 1 unspecified atom stereocenters. The minimum atomic E-state index is -0.302. The van der Waals surface area contributed by atoms with E-state index in [0.29, 0.717) is 19.6 Å². The summed E-state index contributed by atoms with van der Waals surface area (Å²) in [6.45, 7) is 5.05. The Balaban J connectivity index is 1.74. The standard InChI is InChI=1S/C15H20N2O3/c1-11-4-6-13(7-5-11)20-9-3-8-17-12(2)10-14(18)16-15(17)19/h4-7,12H,3,8-10H2,1-2H3,(H,16,18,19). The fraction of sp³-hybridized carbons (Fsp3) is 0.467. The number of nitrogens with zero attached hydrogens (tertiary/aromatic N) is 1. The molecule has 1 saturated heterocycles. The summed E-state index contributed by atoms with van der Waals surface area (Å²) >= 11 is 0. The van der Waals surface area contributed by atoms with Gasteiger partial charge in [0.1, 0.15) is 5.75 Å². The van der Waals surface area contributed by atoms with Crippen LogP contribution in [0.25, 0.3) is 0 Å². The van der Waals surface area contributed by atoms with Crippen LogP contribution in [-0.2, 0) is 4.79 Å². The first kappa shape index (κ1) is 14.4. The Morgan fingerprint density at radius 3 is 2.65 bits per heavy atom. The first-order valence-electron chi connectivity index (χ1n) is 6.86. The van der Waals surface area contributed by atoms with Crippen molar-refractivity contribution in [2.45, 2.75) is 32.7 Å².